The highest BCUT2D eigenvalue weighted by atomic mass is 35.5. The van der Waals surface area contributed by atoms with Crippen LogP contribution in [-0.2, 0) is 10.2 Å². The summed E-state index contributed by atoms with van der Waals surface area (Å²) in [5, 5.41) is 9.20. The summed E-state index contributed by atoms with van der Waals surface area (Å²) in [6.45, 7) is 0.446. The molecule has 0 bridgehead atoms. The van der Waals surface area contributed by atoms with E-state index >= 15 is 0 Å². The Kier molecular flexibility index (Phi) is 3.37. The standard InChI is InChI=1S/C11H13NO2.ClH/c12-7-9-6-11(9,10(13)14)8-4-2-1-3-5-8;/h1-5,9H,6-7,12H2,(H,13,14);1H. The molecule has 1 aromatic rings. The first-order valence-corrected chi connectivity index (χ1v) is 4.71. The Balaban J connectivity index is 0.00000112. The molecular formula is C11H14ClNO2. The number of carbonyl (C=O) groups is 1. The van der Waals surface area contributed by atoms with Crippen molar-refractivity contribution in [1.82, 2.24) is 0 Å². The molecule has 3 nitrogen and oxygen atoms in total. The molecule has 2 rings (SSSR count). The van der Waals surface area contributed by atoms with Crippen molar-refractivity contribution in [3.8, 4) is 0 Å². The molecule has 15 heavy (non-hydrogen) atoms. The highest BCUT2D eigenvalue weighted by Gasteiger charge is 2.60. The van der Waals surface area contributed by atoms with Gasteiger partial charge in [0, 0.05) is 0 Å². The Hall–Kier alpha value is -1.06. The second-order valence-electron chi connectivity index (χ2n) is 3.78. The fraction of sp³-hybridized carbons (Fsp3) is 0.364. The lowest BCUT2D eigenvalue weighted by molar-refractivity contribution is -0.140. The minimum Gasteiger partial charge on any atom is -0.481 e. The van der Waals surface area contributed by atoms with Gasteiger partial charge in [-0.2, -0.15) is 0 Å². The molecule has 2 unspecified atom stereocenters. The largest absolute Gasteiger partial charge is 0.481 e. The maximum Gasteiger partial charge on any atom is 0.314 e. The summed E-state index contributed by atoms with van der Waals surface area (Å²) in [6, 6.07) is 9.35. The molecule has 2 atom stereocenters. The van der Waals surface area contributed by atoms with Crippen LogP contribution < -0.4 is 5.73 Å². The number of rotatable bonds is 3. The monoisotopic (exact) mass is 227 g/mol. The third-order valence-electron chi connectivity index (χ3n) is 3.06. The zero-order valence-electron chi connectivity index (χ0n) is 8.22. The lowest BCUT2D eigenvalue weighted by Gasteiger charge is -2.11. The van der Waals surface area contributed by atoms with Gasteiger partial charge in [-0.15, -0.1) is 12.4 Å². The van der Waals surface area contributed by atoms with Crippen molar-refractivity contribution in [3.63, 3.8) is 0 Å². The second kappa shape index (κ2) is 4.21. The van der Waals surface area contributed by atoms with Gasteiger partial charge in [0.25, 0.3) is 0 Å². The van der Waals surface area contributed by atoms with Gasteiger partial charge >= 0.3 is 5.97 Å². The maximum absolute atomic E-state index is 11.2. The molecule has 1 aliphatic carbocycles. The van der Waals surface area contributed by atoms with Crippen molar-refractivity contribution in [2.75, 3.05) is 6.54 Å². The third kappa shape index (κ3) is 1.73. The Bertz CT molecular complexity index is 355. The highest BCUT2D eigenvalue weighted by Crippen LogP contribution is 2.53. The first-order chi connectivity index (χ1) is 6.71. The van der Waals surface area contributed by atoms with Crippen molar-refractivity contribution in [1.29, 1.82) is 0 Å². The molecule has 0 spiro atoms. The van der Waals surface area contributed by atoms with Crippen molar-refractivity contribution >= 4 is 18.4 Å². The predicted octanol–water partition coefficient (Wildman–Crippen LogP) is 1.41. The molecule has 82 valence electrons. The third-order valence-corrected chi connectivity index (χ3v) is 3.06. The van der Waals surface area contributed by atoms with Crippen LogP contribution in [0.5, 0.6) is 0 Å². The minimum atomic E-state index is -0.751. The fourth-order valence-electron chi connectivity index (χ4n) is 2.09. The van der Waals surface area contributed by atoms with Gasteiger partial charge in [0.15, 0.2) is 0 Å². The van der Waals surface area contributed by atoms with E-state index in [1.54, 1.807) is 0 Å². The molecule has 0 saturated heterocycles. The average molecular weight is 228 g/mol. The predicted molar refractivity (Wildman–Crippen MR) is 60.2 cm³/mol. The van der Waals surface area contributed by atoms with E-state index in [4.69, 9.17) is 5.73 Å². The van der Waals surface area contributed by atoms with Gasteiger partial charge in [-0.1, -0.05) is 30.3 Å². The number of halogens is 1. The van der Waals surface area contributed by atoms with Gasteiger partial charge in [0.2, 0.25) is 0 Å². The fourth-order valence-corrected chi connectivity index (χ4v) is 2.09. The van der Waals surface area contributed by atoms with Crippen LogP contribution in [0.2, 0.25) is 0 Å². The van der Waals surface area contributed by atoms with Crippen LogP contribution in [0.4, 0.5) is 0 Å². The number of carboxylic acid groups (broad SMARTS) is 1. The summed E-state index contributed by atoms with van der Waals surface area (Å²) in [5.41, 5.74) is 5.70. The summed E-state index contributed by atoms with van der Waals surface area (Å²) in [7, 11) is 0. The zero-order chi connectivity index (χ0) is 10.2. The average Bonchev–Trinajstić information content (AvgIpc) is 2.94. The van der Waals surface area contributed by atoms with Crippen molar-refractivity contribution < 1.29 is 9.90 Å². The van der Waals surface area contributed by atoms with Crippen LogP contribution in [-0.4, -0.2) is 17.6 Å². The van der Waals surface area contributed by atoms with Crippen LogP contribution in [0, 0.1) is 5.92 Å². The number of carboxylic acids is 1. The van der Waals surface area contributed by atoms with Crippen molar-refractivity contribution in [2.24, 2.45) is 11.7 Å². The van der Waals surface area contributed by atoms with E-state index in [0.29, 0.717) is 13.0 Å². The molecule has 3 N–H and O–H groups in total. The van der Waals surface area contributed by atoms with E-state index in [2.05, 4.69) is 0 Å². The van der Waals surface area contributed by atoms with Gasteiger partial charge in [-0.05, 0) is 24.4 Å². The van der Waals surface area contributed by atoms with Crippen LogP contribution in [0.3, 0.4) is 0 Å². The first-order valence-electron chi connectivity index (χ1n) is 4.71. The van der Waals surface area contributed by atoms with Gasteiger partial charge < -0.3 is 10.8 Å². The quantitative estimate of drug-likeness (QED) is 0.821. The van der Waals surface area contributed by atoms with E-state index < -0.39 is 11.4 Å². The summed E-state index contributed by atoms with van der Waals surface area (Å²) < 4.78 is 0. The van der Waals surface area contributed by atoms with Gasteiger partial charge in [-0.25, -0.2) is 0 Å². The molecule has 0 radical (unpaired) electrons. The van der Waals surface area contributed by atoms with Crippen LogP contribution in [0.1, 0.15) is 12.0 Å². The van der Waals surface area contributed by atoms with E-state index in [0.717, 1.165) is 5.56 Å². The normalized spacial score (nSPS) is 27.9. The Labute approximate surface area is 94.7 Å². The summed E-state index contributed by atoms with van der Waals surface area (Å²) >= 11 is 0. The number of hydrogen-bond donors (Lipinski definition) is 2. The van der Waals surface area contributed by atoms with Gasteiger partial charge in [-0.3, -0.25) is 4.79 Å². The number of nitrogens with two attached hydrogens (primary N) is 1. The molecule has 1 fully saturated rings. The lowest BCUT2D eigenvalue weighted by Crippen LogP contribution is -2.25. The summed E-state index contributed by atoms with van der Waals surface area (Å²) in [4.78, 5) is 11.2. The number of benzene rings is 1. The SMILES string of the molecule is Cl.NCC1CC1(C(=O)O)c1ccccc1. The van der Waals surface area contributed by atoms with Gasteiger partial charge in [0.05, 0.1) is 5.41 Å². The zero-order valence-corrected chi connectivity index (χ0v) is 9.04. The smallest absolute Gasteiger partial charge is 0.314 e. The minimum absolute atomic E-state index is 0. The molecule has 0 aliphatic heterocycles. The molecule has 1 aliphatic rings. The van der Waals surface area contributed by atoms with Crippen molar-refractivity contribution in [3.05, 3.63) is 35.9 Å². The first kappa shape index (κ1) is 12.0. The van der Waals surface area contributed by atoms with E-state index in [1.165, 1.54) is 0 Å². The van der Waals surface area contributed by atoms with Crippen LogP contribution in [0.15, 0.2) is 30.3 Å². The summed E-state index contributed by atoms with van der Waals surface area (Å²) in [6.07, 6.45) is 0.669. The van der Waals surface area contributed by atoms with Crippen LogP contribution >= 0.6 is 12.4 Å². The molecule has 1 saturated carbocycles. The lowest BCUT2D eigenvalue weighted by atomic mass is 9.93. The second-order valence-corrected chi connectivity index (χ2v) is 3.78. The molecular weight excluding hydrogens is 214 g/mol. The number of hydrogen-bond acceptors (Lipinski definition) is 2. The van der Waals surface area contributed by atoms with E-state index in [1.807, 2.05) is 30.3 Å². The summed E-state index contributed by atoms with van der Waals surface area (Å²) in [5.74, 6) is -0.651. The molecule has 4 heteroatoms. The van der Waals surface area contributed by atoms with E-state index in [9.17, 15) is 9.90 Å². The van der Waals surface area contributed by atoms with Crippen LogP contribution in [0.25, 0.3) is 0 Å². The molecule has 1 aromatic carbocycles. The Morgan fingerprint density at radius 3 is 2.47 bits per heavy atom. The maximum atomic E-state index is 11.2. The highest BCUT2D eigenvalue weighted by molar-refractivity contribution is 5.86. The molecule has 0 amide bonds. The molecule has 0 heterocycles. The number of aliphatic carboxylic acids is 1. The Morgan fingerprint density at radius 2 is 2.07 bits per heavy atom. The molecule has 0 aromatic heterocycles. The van der Waals surface area contributed by atoms with Gasteiger partial charge in [0.1, 0.15) is 0 Å². The van der Waals surface area contributed by atoms with E-state index in [-0.39, 0.29) is 18.3 Å². The van der Waals surface area contributed by atoms with Crippen molar-refractivity contribution in [2.45, 2.75) is 11.8 Å². The Morgan fingerprint density at radius 1 is 1.47 bits per heavy atom. The topological polar surface area (TPSA) is 63.3 Å².